The van der Waals surface area contributed by atoms with E-state index < -0.39 is 11.9 Å². The Morgan fingerprint density at radius 2 is 2.26 bits per heavy atom. The molecule has 0 aliphatic heterocycles. The van der Waals surface area contributed by atoms with Gasteiger partial charge in [0.1, 0.15) is 5.82 Å². The number of aliphatic hydroxyl groups excluding tert-OH is 1. The number of aliphatic hydroxyl groups is 1. The SMILES string of the molecule is CCC(C)C(O)CNC(=O)CCc1cncc(F)c1. The van der Waals surface area contributed by atoms with Gasteiger partial charge in [0.2, 0.25) is 5.91 Å². The summed E-state index contributed by atoms with van der Waals surface area (Å²) < 4.78 is 12.9. The minimum atomic E-state index is -0.523. The van der Waals surface area contributed by atoms with E-state index in [9.17, 15) is 14.3 Å². The van der Waals surface area contributed by atoms with Crippen molar-refractivity contribution in [2.45, 2.75) is 39.2 Å². The van der Waals surface area contributed by atoms with Crippen LogP contribution in [0, 0.1) is 11.7 Å². The molecule has 106 valence electrons. The van der Waals surface area contributed by atoms with Gasteiger partial charge in [-0.15, -0.1) is 0 Å². The van der Waals surface area contributed by atoms with Gasteiger partial charge in [0.15, 0.2) is 0 Å². The van der Waals surface area contributed by atoms with Crippen molar-refractivity contribution < 1.29 is 14.3 Å². The lowest BCUT2D eigenvalue weighted by Crippen LogP contribution is -2.35. The molecule has 0 saturated carbocycles. The molecular weight excluding hydrogens is 247 g/mol. The van der Waals surface area contributed by atoms with Crippen molar-refractivity contribution in [3.63, 3.8) is 0 Å². The van der Waals surface area contributed by atoms with Gasteiger partial charge in [0.05, 0.1) is 12.3 Å². The van der Waals surface area contributed by atoms with Crippen LogP contribution >= 0.6 is 0 Å². The summed E-state index contributed by atoms with van der Waals surface area (Å²) in [5.41, 5.74) is 0.692. The van der Waals surface area contributed by atoms with Gasteiger partial charge in [-0.25, -0.2) is 4.39 Å². The van der Waals surface area contributed by atoms with Gasteiger partial charge < -0.3 is 10.4 Å². The minimum Gasteiger partial charge on any atom is -0.391 e. The van der Waals surface area contributed by atoms with Crippen molar-refractivity contribution in [2.75, 3.05) is 6.54 Å². The molecule has 0 spiro atoms. The van der Waals surface area contributed by atoms with Gasteiger partial charge in [0, 0.05) is 19.2 Å². The first-order chi connectivity index (χ1) is 9.02. The highest BCUT2D eigenvalue weighted by Gasteiger charge is 2.13. The largest absolute Gasteiger partial charge is 0.391 e. The van der Waals surface area contributed by atoms with Crippen molar-refractivity contribution in [3.8, 4) is 0 Å². The summed E-state index contributed by atoms with van der Waals surface area (Å²) in [6.07, 6.45) is 3.72. The van der Waals surface area contributed by atoms with Gasteiger partial charge in [-0.1, -0.05) is 20.3 Å². The Labute approximate surface area is 113 Å². The van der Waals surface area contributed by atoms with E-state index in [1.54, 1.807) is 6.20 Å². The fourth-order valence-corrected chi connectivity index (χ4v) is 1.63. The predicted molar refractivity (Wildman–Crippen MR) is 71.0 cm³/mol. The zero-order valence-electron chi connectivity index (χ0n) is 11.4. The van der Waals surface area contributed by atoms with Crippen LogP contribution in [0.25, 0.3) is 0 Å². The third-order valence-corrected chi connectivity index (χ3v) is 3.21. The number of aryl methyl sites for hydroxylation is 1. The van der Waals surface area contributed by atoms with Crippen LogP contribution < -0.4 is 5.32 Å². The number of halogens is 1. The number of hydrogen-bond donors (Lipinski definition) is 2. The summed E-state index contributed by atoms with van der Waals surface area (Å²) in [6.45, 7) is 4.19. The maximum Gasteiger partial charge on any atom is 0.220 e. The molecule has 1 aromatic rings. The smallest absolute Gasteiger partial charge is 0.220 e. The molecule has 1 aromatic heterocycles. The van der Waals surface area contributed by atoms with Gasteiger partial charge >= 0.3 is 0 Å². The maximum atomic E-state index is 12.9. The van der Waals surface area contributed by atoms with Crippen LogP contribution in [0.1, 0.15) is 32.3 Å². The second kappa shape index (κ2) is 7.84. The van der Waals surface area contributed by atoms with Crippen LogP contribution in [-0.2, 0) is 11.2 Å². The molecule has 1 heterocycles. The Bertz CT molecular complexity index is 412. The molecule has 0 saturated heterocycles. The number of rotatable bonds is 7. The minimum absolute atomic E-state index is 0.147. The maximum absolute atomic E-state index is 12.9. The van der Waals surface area contributed by atoms with Gasteiger partial charge in [-0.05, 0) is 24.0 Å². The summed E-state index contributed by atoms with van der Waals surface area (Å²) in [5, 5.41) is 12.4. The fraction of sp³-hybridized carbons (Fsp3) is 0.571. The van der Waals surface area contributed by atoms with Crippen LogP contribution in [0.5, 0.6) is 0 Å². The lowest BCUT2D eigenvalue weighted by atomic mass is 10.0. The molecule has 0 aromatic carbocycles. The highest BCUT2D eigenvalue weighted by molar-refractivity contribution is 5.76. The number of nitrogens with zero attached hydrogens (tertiary/aromatic N) is 1. The van der Waals surface area contributed by atoms with Crippen LogP contribution in [0.3, 0.4) is 0 Å². The molecule has 19 heavy (non-hydrogen) atoms. The van der Waals surface area contributed by atoms with E-state index in [1.807, 2.05) is 13.8 Å². The normalized spacial score (nSPS) is 13.9. The van der Waals surface area contributed by atoms with Gasteiger partial charge in [-0.2, -0.15) is 0 Å². The monoisotopic (exact) mass is 268 g/mol. The highest BCUT2D eigenvalue weighted by Crippen LogP contribution is 2.07. The molecular formula is C14H21FN2O2. The number of carbonyl (C=O) groups is 1. The van der Waals surface area contributed by atoms with Crippen molar-refractivity contribution >= 4 is 5.91 Å². The summed E-state index contributed by atoms with van der Waals surface area (Å²) in [4.78, 5) is 15.3. The Morgan fingerprint density at radius 1 is 1.53 bits per heavy atom. The number of hydrogen-bond acceptors (Lipinski definition) is 3. The molecule has 2 N–H and O–H groups in total. The molecule has 5 heteroatoms. The van der Waals surface area contributed by atoms with E-state index in [-0.39, 0.29) is 24.8 Å². The first-order valence-electron chi connectivity index (χ1n) is 6.57. The average molecular weight is 268 g/mol. The molecule has 0 fully saturated rings. The lowest BCUT2D eigenvalue weighted by Gasteiger charge is -2.17. The second-order valence-corrected chi connectivity index (χ2v) is 4.77. The molecule has 4 nitrogen and oxygen atoms in total. The van der Waals surface area contributed by atoms with Crippen LogP contribution in [0.2, 0.25) is 0 Å². The topological polar surface area (TPSA) is 62.2 Å². The number of aromatic nitrogens is 1. The summed E-state index contributed by atoms with van der Waals surface area (Å²) in [5.74, 6) is -0.385. The fourth-order valence-electron chi connectivity index (χ4n) is 1.63. The highest BCUT2D eigenvalue weighted by atomic mass is 19.1. The third kappa shape index (κ3) is 5.79. The first kappa shape index (κ1) is 15.6. The predicted octanol–water partition coefficient (Wildman–Crippen LogP) is 1.68. The van der Waals surface area contributed by atoms with Gasteiger partial charge in [-0.3, -0.25) is 9.78 Å². The standard InChI is InChI=1S/C14H21FN2O2/c1-3-10(2)13(18)9-17-14(19)5-4-11-6-12(15)8-16-7-11/h6-8,10,13,18H,3-5,9H2,1-2H3,(H,17,19). The second-order valence-electron chi connectivity index (χ2n) is 4.77. The van der Waals surface area contributed by atoms with E-state index >= 15 is 0 Å². The Balaban J connectivity index is 2.28. The van der Waals surface area contributed by atoms with Crippen LogP contribution in [0.15, 0.2) is 18.5 Å². The van der Waals surface area contributed by atoms with E-state index in [0.717, 1.165) is 12.6 Å². The summed E-state index contributed by atoms with van der Waals surface area (Å²) >= 11 is 0. The quantitative estimate of drug-likeness (QED) is 0.791. The van der Waals surface area contributed by atoms with Crippen LogP contribution in [0.4, 0.5) is 4.39 Å². The molecule has 0 radical (unpaired) electrons. The van der Waals surface area contributed by atoms with E-state index in [0.29, 0.717) is 12.0 Å². The lowest BCUT2D eigenvalue weighted by molar-refractivity contribution is -0.121. The number of carbonyl (C=O) groups excluding carboxylic acids is 1. The zero-order valence-corrected chi connectivity index (χ0v) is 11.4. The number of nitrogens with one attached hydrogen (secondary N) is 1. The Hall–Kier alpha value is -1.49. The zero-order chi connectivity index (χ0) is 14.3. The van der Waals surface area contributed by atoms with Crippen LogP contribution in [-0.4, -0.2) is 28.6 Å². The summed E-state index contributed by atoms with van der Waals surface area (Å²) in [7, 11) is 0. The molecule has 1 rings (SSSR count). The average Bonchev–Trinajstić information content (AvgIpc) is 2.41. The molecule has 0 bridgehead atoms. The molecule has 2 unspecified atom stereocenters. The van der Waals surface area contributed by atoms with Gasteiger partial charge in [0.25, 0.3) is 0 Å². The first-order valence-corrected chi connectivity index (χ1v) is 6.57. The Morgan fingerprint density at radius 3 is 2.89 bits per heavy atom. The van der Waals surface area contributed by atoms with E-state index in [4.69, 9.17) is 0 Å². The van der Waals surface area contributed by atoms with Crippen molar-refractivity contribution in [3.05, 3.63) is 29.8 Å². The van der Waals surface area contributed by atoms with Crippen molar-refractivity contribution in [1.82, 2.24) is 10.3 Å². The van der Waals surface area contributed by atoms with Crippen molar-refractivity contribution in [1.29, 1.82) is 0 Å². The molecule has 0 aliphatic carbocycles. The van der Waals surface area contributed by atoms with E-state index in [2.05, 4.69) is 10.3 Å². The third-order valence-electron chi connectivity index (χ3n) is 3.21. The Kier molecular flexibility index (Phi) is 6.42. The number of pyridine rings is 1. The number of amides is 1. The molecule has 1 amide bonds. The van der Waals surface area contributed by atoms with Crippen molar-refractivity contribution in [2.24, 2.45) is 5.92 Å². The summed E-state index contributed by atoms with van der Waals surface area (Å²) in [6, 6.07) is 1.37. The molecule has 2 atom stereocenters. The molecule has 0 aliphatic rings. The van der Waals surface area contributed by atoms with E-state index in [1.165, 1.54) is 6.07 Å².